The van der Waals surface area contributed by atoms with Gasteiger partial charge < -0.3 is 10.6 Å². The summed E-state index contributed by atoms with van der Waals surface area (Å²) in [6.45, 7) is 1.06. The maximum Gasteiger partial charge on any atom is 0.166 e. The van der Waals surface area contributed by atoms with Gasteiger partial charge in [-0.1, -0.05) is 44.9 Å². The van der Waals surface area contributed by atoms with Gasteiger partial charge in [0.25, 0.3) is 0 Å². The monoisotopic (exact) mass is 254 g/mol. The number of hydrogen-bond donors (Lipinski definition) is 2. The molecule has 2 aliphatic carbocycles. The highest BCUT2D eigenvalue weighted by Crippen LogP contribution is 2.25. The van der Waals surface area contributed by atoms with Gasteiger partial charge in [-0.3, -0.25) is 0 Å². The minimum Gasteiger partial charge on any atom is -0.363 e. The van der Waals surface area contributed by atoms with Crippen molar-refractivity contribution in [1.29, 1.82) is 0 Å². The molecule has 0 aliphatic heterocycles. The number of thiocarbonyl (C=S) groups is 1. The Labute approximate surface area is 111 Å². The third-order valence-corrected chi connectivity index (χ3v) is 4.52. The maximum absolute atomic E-state index is 5.34. The molecule has 0 saturated heterocycles. The third-order valence-electron chi connectivity index (χ3n) is 4.25. The molecular weight excluding hydrogens is 228 g/mol. The summed E-state index contributed by atoms with van der Waals surface area (Å²) in [6, 6.07) is 0.643. The highest BCUT2D eigenvalue weighted by atomic mass is 32.1. The van der Waals surface area contributed by atoms with Gasteiger partial charge in [-0.05, 0) is 37.4 Å². The summed E-state index contributed by atoms with van der Waals surface area (Å²) in [5.74, 6) is 0.950. The van der Waals surface area contributed by atoms with Crippen LogP contribution in [0, 0.1) is 5.92 Å². The molecule has 0 spiro atoms. The summed E-state index contributed by atoms with van der Waals surface area (Å²) < 4.78 is 0. The van der Waals surface area contributed by atoms with E-state index < -0.39 is 0 Å². The van der Waals surface area contributed by atoms with Crippen molar-refractivity contribution in [2.75, 3.05) is 6.54 Å². The number of nitrogens with one attached hydrogen (secondary N) is 2. The molecule has 0 aromatic rings. The molecule has 0 aromatic heterocycles. The smallest absolute Gasteiger partial charge is 0.166 e. The molecule has 0 bridgehead atoms. The van der Waals surface area contributed by atoms with Crippen molar-refractivity contribution in [2.24, 2.45) is 5.92 Å². The van der Waals surface area contributed by atoms with Crippen LogP contribution in [-0.4, -0.2) is 17.7 Å². The lowest BCUT2D eigenvalue weighted by molar-refractivity contribution is 0.339. The minimum atomic E-state index is 0.643. The SMILES string of the molecule is S=C(NCCC1CCCCC1)NC1CCCC1. The van der Waals surface area contributed by atoms with E-state index in [0.29, 0.717) is 6.04 Å². The van der Waals surface area contributed by atoms with Crippen LogP contribution in [0.2, 0.25) is 0 Å². The molecule has 2 nitrogen and oxygen atoms in total. The Bertz CT molecular complexity index is 230. The molecule has 0 heterocycles. The van der Waals surface area contributed by atoms with Crippen LogP contribution in [0.4, 0.5) is 0 Å². The Hall–Kier alpha value is -0.310. The Morgan fingerprint density at radius 3 is 2.29 bits per heavy atom. The summed E-state index contributed by atoms with van der Waals surface area (Å²) in [7, 11) is 0. The maximum atomic E-state index is 5.34. The van der Waals surface area contributed by atoms with Gasteiger partial charge in [0, 0.05) is 12.6 Å². The molecule has 0 aromatic carbocycles. The summed E-state index contributed by atoms with van der Waals surface area (Å²) in [5.41, 5.74) is 0. The van der Waals surface area contributed by atoms with Crippen molar-refractivity contribution >= 4 is 17.3 Å². The minimum absolute atomic E-state index is 0.643. The van der Waals surface area contributed by atoms with Gasteiger partial charge in [0.1, 0.15) is 0 Å². The molecule has 2 fully saturated rings. The molecule has 0 amide bonds. The first-order valence-corrected chi connectivity index (χ1v) is 7.80. The van der Waals surface area contributed by atoms with Crippen LogP contribution in [0.3, 0.4) is 0 Å². The average molecular weight is 254 g/mol. The summed E-state index contributed by atoms with van der Waals surface area (Å²) >= 11 is 5.34. The van der Waals surface area contributed by atoms with Crippen LogP contribution in [0.5, 0.6) is 0 Å². The van der Waals surface area contributed by atoms with Gasteiger partial charge in [0.05, 0.1) is 0 Å². The van der Waals surface area contributed by atoms with Crippen LogP contribution < -0.4 is 10.6 Å². The zero-order valence-electron chi connectivity index (χ0n) is 10.8. The summed E-state index contributed by atoms with van der Waals surface area (Å²) in [4.78, 5) is 0. The van der Waals surface area contributed by atoms with E-state index in [9.17, 15) is 0 Å². The van der Waals surface area contributed by atoms with Crippen molar-refractivity contribution in [1.82, 2.24) is 10.6 Å². The zero-order valence-corrected chi connectivity index (χ0v) is 11.7. The molecular formula is C14H26N2S. The van der Waals surface area contributed by atoms with E-state index in [1.165, 1.54) is 64.2 Å². The first kappa shape index (κ1) is 13.1. The van der Waals surface area contributed by atoms with Crippen molar-refractivity contribution < 1.29 is 0 Å². The van der Waals surface area contributed by atoms with E-state index in [1.807, 2.05) is 0 Å². The quantitative estimate of drug-likeness (QED) is 0.752. The predicted octanol–water partition coefficient (Wildman–Crippen LogP) is 3.36. The van der Waals surface area contributed by atoms with E-state index in [-0.39, 0.29) is 0 Å². The van der Waals surface area contributed by atoms with Crippen LogP contribution in [0.25, 0.3) is 0 Å². The van der Waals surface area contributed by atoms with Crippen LogP contribution in [0.1, 0.15) is 64.2 Å². The topological polar surface area (TPSA) is 24.1 Å². The van der Waals surface area contributed by atoms with E-state index in [0.717, 1.165) is 17.6 Å². The second-order valence-electron chi connectivity index (χ2n) is 5.67. The molecule has 2 rings (SSSR count). The first-order valence-electron chi connectivity index (χ1n) is 7.39. The lowest BCUT2D eigenvalue weighted by Gasteiger charge is -2.22. The molecule has 2 saturated carbocycles. The summed E-state index contributed by atoms with van der Waals surface area (Å²) in [6.07, 6.45) is 13.8. The molecule has 0 unspecified atom stereocenters. The van der Waals surface area contributed by atoms with Crippen LogP contribution in [-0.2, 0) is 0 Å². The molecule has 0 radical (unpaired) electrons. The molecule has 17 heavy (non-hydrogen) atoms. The molecule has 3 heteroatoms. The van der Waals surface area contributed by atoms with Crippen LogP contribution >= 0.6 is 12.2 Å². The van der Waals surface area contributed by atoms with Crippen molar-refractivity contribution in [3.05, 3.63) is 0 Å². The average Bonchev–Trinajstić information content (AvgIpc) is 2.83. The van der Waals surface area contributed by atoms with E-state index in [2.05, 4.69) is 10.6 Å². The highest BCUT2D eigenvalue weighted by molar-refractivity contribution is 7.80. The number of rotatable bonds is 4. The van der Waals surface area contributed by atoms with Gasteiger partial charge >= 0.3 is 0 Å². The zero-order chi connectivity index (χ0) is 11.9. The predicted molar refractivity (Wildman–Crippen MR) is 77.2 cm³/mol. The van der Waals surface area contributed by atoms with Crippen molar-refractivity contribution in [3.63, 3.8) is 0 Å². The highest BCUT2D eigenvalue weighted by Gasteiger charge is 2.16. The van der Waals surface area contributed by atoms with Crippen molar-refractivity contribution in [2.45, 2.75) is 70.3 Å². The van der Waals surface area contributed by atoms with Gasteiger partial charge in [-0.25, -0.2) is 0 Å². The fourth-order valence-electron chi connectivity index (χ4n) is 3.17. The molecule has 2 aliphatic rings. The fourth-order valence-corrected chi connectivity index (χ4v) is 3.44. The fraction of sp³-hybridized carbons (Fsp3) is 0.929. The van der Waals surface area contributed by atoms with Crippen LogP contribution in [0.15, 0.2) is 0 Å². The molecule has 0 atom stereocenters. The summed E-state index contributed by atoms with van der Waals surface area (Å²) in [5, 5.41) is 7.70. The second-order valence-corrected chi connectivity index (χ2v) is 6.08. The van der Waals surface area contributed by atoms with Crippen molar-refractivity contribution in [3.8, 4) is 0 Å². The second kappa shape index (κ2) is 7.20. The molecule has 2 N–H and O–H groups in total. The Kier molecular flexibility index (Phi) is 5.56. The molecule has 98 valence electrons. The van der Waals surface area contributed by atoms with E-state index in [4.69, 9.17) is 12.2 Å². The van der Waals surface area contributed by atoms with Gasteiger partial charge in [-0.15, -0.1) is 0 Å². The Morgan fingerprint density at radius 2 is 1.59 bits per heavy atom. The Balaban J connectivity index is 1.53. The van der Waals surface area contributed by atoms with E-state index in [1.54, 1.807) is 0 Å². The Morgan fingerprint density at radius 1 is 0.941 bits per heavy atom. The van der Waals surface area contributed by atoms with Gasteiger partial charge in [-0.2, -0.15) is 0 Å². The third kappa shape index (κ3) is 4.82. The van der Waals surface area contributed by atoms with Gasteiger partial charge in [0.15, 0.2) is 5.11 Å². The van der Waals surface area contributed by atoms with Gasteiger partial charge in [0.2, 0.25) is 0 Å². The largest absolute Gasteiger partial charge is 0.363 e. The lowest BCUT2D eigenvalue weighted by Crippen LogP contribution is -2.41. The standard InChI is InChI=1S/C14H26N2S/c17-14(16-13-8-4-5-9-13)15-11-10-12-6-2-1-3-7-12/h12-13H,1-11H2,(H2,15,16,17). The van der Waals surface area contributed by atoms with E-state index >= 15 is 0 Å². The normalized spacial score (nSPS) is 22.6. The first-order chi connectivity index (χ1) is 8.34. The lowest BCUT2D eigenvalue weighted by atomic mass is 9.87. The number of hydrogen-bond acceptors (Lipinski definition) is 1.